The molecule has 2 rings (SSSR count). The molecule has 2 aromatic heterocycles. The number of rotatable bonds is 6. The molecule has 1 amide bonds. The number of thiazole rings is 2. The molecule has 21 heavy (non-hydrogen) atoms. The van der Waals surface area contributed by atoms with Crippen molar-refractivity contribution in [3.05, 3.63) is 37.7 Å². The molecule has 0 saturated heterocycles. The number of carbonyl (C=O) groups excluding carboxylic acids is 1. The second-order valence-electron chi connectivity index (χ2n) is 4.63. The van der Waals surface area contributed by atoms with Gasteiger partial charge in [-0.05, 0) is 26.3 Å². The summed E-state index contributed by atoms with van der Waals surface area (Å²) in [6, 6.07) is 0. The molecule has 2 heterocycles. The summed E-state index contributed by atoms with van der Waals surface area (Å²) in [6.07, 6.45) is 5.01. The van der Waals surface area contributed by atoms with Gasteiger partial charge in [-0.2, -0.15) is 0 Å². The summed E-state index contributed by atoms with van der Waals surface area (Å²) in [7, 11) is 0. The van der Waals surface area contributed by atoms with Gasteiger partial charge in [0.25, 0.3) is 0 Å². The molecular formula is C15H19N3OS2. The molecule has 0 aliphatic rings. The van der Waals surface area contributed by atoms with Crippen LogP contribution >= 0.6 is 22.7 Å². The largest absolute Gasteiger partial charge is 0.352 e. The number of hydrogen-bond donors (Lipinski definition) is 1. The van der Waals surface area contributed by atoms with E-state index in [9.17, 15) is 4.79 Å². The fourth-order valence-electron chi connectivity index (χ4n) is 1.89. The SMILES string of the molecule is CCc1nc(CCNC(=O)C=Cc2csc(C)n2)sc1C. The maximum absolute atomic E-state index is 11.7. The van der Waals surface area contributed by atoms with Crippen molar-refractivity contribution in [2.75, 3.05) is 6.54 Å². The van der Waals surface area contributed by atoms with E-state index in [-0.39, 0.29) is 5.91 Å². The lowest BCUT2D eigenvalue weighted by Crippen LogP contribution is -2.23. The molecule has 0 atom stereocenters. The van der Waals surface area contributed by atoms with Crippen molar-refractivity contribution in [2.24, 2.45) is 0 Å². The quantitative estimate of drug-likeness (QED) is 0.832. The Morgan fingerprint density at radius 3 is 2.81 bits per heavy atom. The Labute approximate surface area is 133 Å². The normalized spacial score (nSPS) is 11.2. The summed E-state index contributed by atoms with van der Waals surface area (Å²) in [4.78, 5) is 21.8. The zero-order valence-corrected chi connectivity index (χ0v) is 14.1. The zero-order chi connectivity index (χ0) is 15.2. The fraction of sp³-hybridized carbons (Fsp3) is 0.400. The summed E-state index contributed by atoms with van der Waals surface area (Å²) in [5.74, 6) is -0.0929. The van der Waals surface area contributed by atoms with Crippen LogP contribution < -0.4 is 5.32 Å². The number of carbonyl (C=O) groups is 1. The molecule has 0 aromatic carbocycles. The number of aryl methyl sites for hydroxylation is 3. The Kier molecular flexibility index (Phi) is 5.64. The van der Waals surface area contributed by atoms with Crippen LogP contribution in [0.4, 0.5) is 0 Å². The standard InChI is InChI=1S/C15H19N3OS2/c1-4-13-10(2)21-15(18-13)7-8-16-14(19)6-5-12-9-20-11(3)17-12/h5-6,9H,4,7-8H2,1-3H3,(H,16,19). The lowest BCUT2D eigenvalue weighted by molar-refractivity contribution is -0.116. The van der Waals surface area contributed by atoms with Crippen LogP contribution in [0.25, 0.3) is 6.08 Å². The maximum atomic E-state index is 11.7. The first-order valence-electron chi connectivity index (χ1n) is 6.91. The van der Waals surface area contributed by atoms with Gasteiger partial charge in [-0.25, -0.2) is 9.97 Å². The van der Waals surface area contributed by atoms with E-state index in [1.807, 2.05) is 12.3 Å². The molecule has 112 valence electrons. The molecule has 0 saturated carbocycles. The summed E-state index contributed by atoms with van der Waals surface area (Å²) >= 11 is 3.29. The van der Waals surface area contributed by atoms with E-state index in [0.29, 0.717) is 6.54 Å². The number of nitrogens with zero attached hydrogens (tertiary/aromatic N) is 2. The number of aromatic nitrogens is 2. The predicted molar refractivity (Wildman–Crippen MR) is 88.8 cm³/mol. The number of hydrogen-bond acceptors (Lipinski definition) is 5. The van der Waals surface area contributed by atoms with Gasteiger partial charge in [0.15, 0.2) is 0 Å². The van der Waals surface area contributed by atoms with Crippen molar-refractivity contribution in [3.8, 4) is 0 Å². The van der Waals surface area contributed by atoms with E-state index >= 15 is 0 Å². The summed E-state index contributed by atoms with van der Waals surface area (Å²) < 4.78 is 0. The first-order valence-corrected chi connectivity index (χ1v) is 8.61. The maximum Gasteiger partial charge on any atom is 0.244 e. The minimum atomic E-state index is -0.0929. The molecule has 0 radical (unpaired) electrons. The smallest absolute Gasteiger partial charge is 0.244 e. The second-order valence-corrected chi connectivity index (χ2v) is 6.98. The Morgan fingerprint density at radius 1 is 1.38 bits per heavy atom. The van der Waals surface area contributed by atoms with Gasteiger partial charge in [-0.1, -0.05) is 6.92 Å². The molecule has 2 aromatic rings. The zero-order valence-electron chi connectivity index (χ0n) is 12.5. The molecule has 0 aliphatic carbocycles. The van der Waals surface area contributed by atoms with Crippen molar-refractivity contribution >= 4 is 34.7 Å². The molecule has 1 N–H and O–H groups in total. The third kappa shape index (κ3) is 4.75. The average Bonchev–Trinajstić information content (AvgIpc) is 3.02. The highest BCUT2D eigenvalue weighted by atomic mass is 32.1. The topological polar surface area (TPSA) is 54.9 Å². The third-order valence-corrected chi connectivity index (χ3v) is 4.82. The van der Waals surface area contributed by atoms with Gasteiger partial charge >= 0.3 is 0 Å². The monoisotopic (exact) mass is 321 g/mol. The first-order chi connectivity index (χ1) is 10.1. The van der Waals surface area contributed by atoms with Crippen LogP contribution in [0, 0.1) is 13.8 Å². The molecule has 0 bridgehead atoms. The summed E-state index contributed by atoms with van der Waals surface area (Å²) in [6.45, 7) is 6.76. The number of nitrogens with one attached hydrogen (secondary N) is 1. The third-order valence-electron chi connectivity index (χ3n) is 2.95. The minimum Gasteiger partial charge on any atom is -0.352 e. The lowest BCUT2D eigenvalue weighted by atomic mass is 10.3. The van der Waals surface area contributed by atoms with Crippen LogP contribution in [0.5, 0.6) is 0 Å². The highest BCUT2D eigenvalue weighted by Gasteiger charge is 2.05. The molecular weight excluding hydrogens is 302 g/mol. The van der Waals surface area contributed by atoms with E-state index in [1.165, 1.54) is 16.6 Å². The minimum absolute atomic E-state index is 0.0929. The Hall–Kier alpha value is -1.53. The summed E-state index contributed by atoms with van der Waals surface area (Å²) in [5.41, 5.74) is 2.00. The van der Waals surface area contributed by atoms with Crippen molar-refractivity contribution < 1.29 is 4.79 Å². The molecule has 4 nitrogen and oxygen atoms in total. The average molecular weight is 321 g/mol. The van der Waals surface area contributed by atoms with E-state index < -0.39 is 0 Å². The van der Waals surface area contributed by atoms with Crippen LogP contribution in [0.3, 0.4) is 0 Å². The number of amides is 1. The molecule has 0 spiro atoms. The van der Waals surface area contributed by atoms with Gasteiger partial charge in [0.2, 0.25) is 5.91 Å². The molecule has 6 heteroatoms. The highest BCUT2D eigenvalue weighted by Crippen LogP contribution is 2.17. The second kappa shape index (κ2) is 7.47. The highest BCUT2D eigenvalue weighted by molar-refractivity contribution is 7.11. The Morgan fingerprint density at radius 2 is 2.19 bits per heavy atom. The lowest BCUT2D eigenvalue weighted by Gasteiger charge is -1.99. The van der Waals surface area contributed by atoms with Crippen LogP contribution in [-0.2, 0) is 17.6 Å². The van der Waals surface area contributed by atoms with Gasteiger partial charge in [-0.3, -0.25) is 4.79 Å². The van der Waals surface area contributed by atoms with Gasteiger partial charge in [-0.15, -0.1) is 22.7 Å². The van der Waals surface area contributed by atoms with E-state index in [2.05, 4.69) is 29.1 Å². The van der Waals surface area contributed by atoms with Crippen molar-refractivity contribution in [1.29, 1.82) is 0 Å². The molecule has 0 unspecified atom stereocenters. The molecule has 0 aliphatic heterocycles. The summed E-state index contributed by atoms with van der Waals surface area (Å²) in [5, 5.41) is 6.89. The molecule has 0 fully saturated rings. The fourth-order valence-corrected chi connectivity index (χ4v) is 3.49. The van der Waals surface area contributed by atoms with Crippen LogP contribution in [0.1, 0.15) is 33.2 Å². The van der Waals surface area contributed by atoms with Crippen molar-refractivity contribution in [1.82, 2.24) is 15.3 Å². The Balaban J connectivity index is 1.77. The van der Waals surface area contributed by atoms with Gasteiger partial charge < -0.3 is 5.32 Å². The van der Waals surface area contributed by atoms with Crippen LogP contribution in [0.15, 0.2) is 11.5 Å². The Bertz CT molecular complexity index is 643. The van der Waals surface area contributed by atoms with E-state index in [4.69, 9.17) is 0 Å². The van der Waals surface area contributed by atoms with Crippen LogP contribution in [-0.4, -0.2) is 22.4 Å². The first kappa shape index (κ1) is 15.9. The van der Waals surface area contributed by atoms with Crippen molar-refractivity contribution in [3.63, 3.8) is 0 Å². The van der Waals surface area contributed by atoms with E-state index in [1.54, 1.807) is 28.7 Å². The van der Waals surface area contributed by atoms with Gasteiger partial charge in [0, 0.05) is 29.3 Å². The van der Waals surface area contributed by atoms with Gasteiger partial charge in [0.1, 0.15) is 0 Å². The van der Waals surface area contributed by atoms with E-state index in [0.717, 1.165) is 28.6 Å². The van der Waals surface area contributed by atoms with Crippen molar-refractivity contribution in [2.45, 2.75) is 33.6 Å². The van der Waals surface area contributed by atoms with Gasteiger partial charge in [0.05, 0.1) is 21.4 Å². The predicted octanol–water partition coefficient (Wildman–Crippen LogP) is 3.15. The van der Waals surface area contributed by atoms with Crippen LogP contribution in [0.2, 0.25) is 0 Å².